The van der Waals surface area contributed by atoms with Gasteiger partial charge in [0, 0.05) is 25.6 Å². The van der Waals surface area contributed by atoms with Crippen molar-refractivity contribution >= 4 is 17.7 Å². The zero-order valence-electron chi connectivity index (χ0n) is 19.0. The van der Waals surface area contributed by atoms with Gasteiger partial charge in [-0.2, -0.15) is 0 Å². The molecule has 1 aliphatic heterocycles. The SMILES string of the molecule is CCCCOc1ccc(OC)cc1NC(=O)CC1CCN(C(=O)OC(C)(C)C)CC1. The minimum Gasteiger partial charge on any atom is -0.497 e. The van der Waals surface area contributed by atoms with Gasteiger partial charge >= 0.3 is 6.09 Å². The van der Waals surface area contributed by atoms with Crippen LogP contribution in [0.25, 0.3) is 0 Å². The zero-order chi connectivity index (χ0) is 22.1. The highest BCUT2D eigenvalue weighted by Crippen LogP contribution is 2.30. The third-order valence-corrected chi connectivity index (χ3v) is 4.96. The van der Waals surface area contributed by atoms with Crippen LogP contribution in [-0.2, 0) is 9.53 Å². The number of carbonyl (C=O) groups excluding carboxylic acids is 2. The first-order chi connectivity index (χ1) is 14.2. The highest BCUT2D eigenvalue weighted by Gasteiger charge is 2.28. The van der Waals surface area contributed by atoms with E-state index >= 15 is 0 Å². The van der Waals surface area contributed by atoms with Crippen LogP contribution in [0, 0.1) is 5.92 Å². The van der Waals surface area contributed by atoms with Gasteiger partial charge in [-0.15, -0.1) is 0 Å². The van der Waals surface area contributed by atoms with E-state index in [2.05, 4.69) is 12.2 Å². The Hall–Kier alpha value is -2.44. The van der Waals surface area contributed by atoms with Crippen molar-refractivity contribution in [1.29, 1.82) is 0 Å². The number of nitrogens with one attached hydrogen (secondary N) is 1. The van der Waals surface area contributed by atoms with Crippen molar-refractivity contribution in [3.63, 3.8) is 0 Å². The number of anilines is 1. The third kappa shape index (κ3) is 7.76. The summed E-state index contributed by atoms with van der Waals surface area (Å²) in [6.07, 6.45) is 3.69. The summed E-state index contributed by atoms with van der Waals surface area (Å²) in [5, 5.41) is 2.98. The Balaban J connectivity index is 1.88. The monoisotopic (exact) mass is 420 g/mol. The number of rotatable bonds is 8. The average molecular weight is 421 g/mol. The van der Waals surface area contributed by atoms with Gasteiger partial charge in [-0.3, -0.25) is 4.79 Å². The first-order valence-electron chi connectivity index (χ1n) is 10.8. The van der Waals surface area contributed by atoms with Crippen LogP contribution in [0.3, 0.4) is 0 Å². The van der Waals surface area contributed by atoms with Gasteiger partial charge in [0.2, 0.25) is 5.91 Å². The van der Waals surface area contributed by atoms with Gasteiger partial charge in [0.05, 0.1) is 19.4 Å². The molecule has 7 nitrogen and oxygen atoms in total. The van der Waals surface area contributed by atoms with Crippen LogP contribution in [0.1, 0.15) is 59.8 Å². The predicted molar refractivity (Wildman–Crippen MR) is 117 cm³/mol. The lowest BCUT2D eigenvalue weighted by atomic mass is 9.93. The molecule has 1 aliphatic rings. The molecule has 1 aromatic carbocycles. The van der Waals surface area contributed by atoms with Gasteiger partial charge in [0.1, 0.15) is 17.1 Å². The van der Waals surface area contributed by atoms with Crippen LogP contribution in [0.15, 0.2) is 18.2 Å². The average Bonchev–Trinajstić information content (AvgIpc) is 2.68. The molecule has 7 heteroatoms. The highest BCUT2D eigenvalue weighted by molar-refractivity contribution is 5.92. The van der Waals surface area contributed by atoms with Gasteiger partial charge in [0.15, 0.2) is 0 Å². The molecule has 0 aromatic heterocycles. The first kappa shape index (κ1) is 23.8. The van der Waals surface area contributed by atoms with E-state index in [1.807, 2.05) is 32.9 Å². The fraction of sp³-hybridized carbons (Fsp3) is 0.652. The molecule has 30 heavy (non-hydrogen) atoms. The molecule has 0 bridgehead atoms. The number of hydrogen-bond donors (Lipinski definition) is 1. The number of methoxy groups -OCH3 is 1. The van der Waals surface area contributed by atoms with E-state index in [1.54, 1.807) is 18.1 Å². The molecule has 0 spiro atoms. The minimum absolute atomic E-state index is 0.0562. The highest BCUT2D eigenvalue weighted by atomic mass is 16.6. The molecule has 1 heterocycles. The van der Waals surface area contributed by atoms with Crippen molar-refractivity contribution in [3.8, 4) is 11.5 Å². The van der Waals surface area contributed by atoms with E-state index < -0.39 is 5.60 Å². The number of ether oxygens (including phenoxy) is 3. The molecule has 1 fully saturated rings. The van der Waals surface area contributed by atoms with Crippen LogP contribution < -0.4 is 14.8 Å². The molecule has 1 N–H and O–H groups in total. The summed E-state index contributed by atoms with van der Waals surface area (Å²) in [5.41, 5.74) is 0.128. The van der Waals surface area contributed by atoms with Crippen LogP contribution >= 0.6 is 0 Å². The number of likely N-dealkylation sites (tertiary alicyclic amines) is 1. The topological polar surface area (TPSA) is 77.1 Å². The van der Waals surface area contributed by atoms with E-state index in [9.17, 15) is 9.59 Å². The molecule has 2 amide bonds. The van der Waals surface area contributed by atoms with Gasteiger partial charge < -0.3 is 24.4 Å². The molecule has 0 unspecified atom stereocenters. The lowest BCUT2D eigenvalue weighted by Gasteiger charge is -2.33. The molecule has 0 radical (unpaired) electrons. The number of carbonyl (C=O) groups is 2. The zero-order valence-corrected chi connectivity index (χ0v) is 19.0. The summed E-state index contributed by atoms with van der Waals surface area (Å²) in [6, 6.07) is 5.43. The van der Waals surface area contributed by atoms with Crippen molar-refractivity contribution in [1.82, 2.24) is 4.90 Å². The molecule has 0 aliphatic carbocycles. The Bertz CT molecular complexity index is 706. The predicted octanol–water partition coefficient (Wildman–Crippen LogP) is 4.85. The number of unbranched alkanes of at least 4 members (excludes halogenated alkanes) is 1. The largest absolute Gasteiger partial charge is 0.497 e. The number of hydrogen-bond acceptors (Lipinski definition) is 5. The Morgan fingerprint density at radius 3 is 2.50 bits per heavy atom. The quantitative estimate of drug-likeness (QED) is 0.608. The fourth-order valence-corrected chi connectivity index (χ4v) is 3.30. The summed E-state index contributed by atoms with van der Waals surface area (Å²) in [5.74, 6) is 1.49. The van der Waals surface area contributed by atoms with Crippen LogP contribution in [0.5, 0.6) is 11.5 Å². The van der Waals surface area contributed by atoms with E-state index in [0.717, 1.165) is 25.7 Å². The second-order valence-electron chi connectivity index (χ2n) is 8.73. The van der Waals surface area contributed by atoms with Gasteiger partial charge in [0.25, 0.3) is 0 Å². The molecular weight excluding hydrogens is 384 g/mol. The molecule has 1 aromatic rings. The smallest absolute Gasteiger partial charge is 0.410 e. The second kappa shape index (κ2) is 11.1. The summed E-state index contributed by atoms with van der Waals surface area (Å²) in [7, 11) is 1.59. The van der Waals surface area contributed by atoms with Gasteiger partial charge in [-0.25, -0.2) is 4.79 Å². The van der Waals surface area contributed by atoms with E-state index in [-0.39, 0.29) is 17.9 Å². The number of amides is 2. The van der Waals surface area contributed by atoms with Crippen molar-refractivity contribution < 1.29 is 23.8 Å². The number of piperidine rings is 1. The maximum atomic E-state index is 12.7. The molecule has 168 valence electrons. The minimum atomic E-state index is -0.499. The van der Waals surface area contributed by atoms with E-state index in [1.165, 1.54) is 0 Å². The summed E-state index contributed by atoms with van der Waals surface area (Å²) in [4.78, 5) is 26.6. The van der Waals surface area contributed by atoms with Crippen molar-refractivity contribution in [2.24, 2.45) is 5.92 Å². The summed E-state index contributed by atoms with van der Waals surface area (Å²) >= 11 is 0. The molecule has 2 rings (SSSR count). The van der Waals surface area contributed by atoms with Crippen LogP contribution in [-0.4, -0.2) is 49.3 Å². The Kier molecular flexibility index (Phi) is 8.81. The lowest BCUT2D eigenvalue weighted by Crippen LogP contribution is -2.42. The molecule has 0 saturated carbocycles. The Morgan fingerprint density at radius 1 is 1.20 bits per heavy atom. The Labute approximate surface area is 180 Å². The van der Waals surface area contributed by atoms with E-state index in [4.69, 9.17) is 14.2 Å². The maximum absolute atomic E-state index is 12.7. The van der Waals surface area contributed by atoms with Gasteiger partial charge in [-0.05, 0) is 58.1 Å². The maximum Gasteiger partial charge on any atom is 0.410 e. The molecule has 1 saturated heterocycles. The normalized spacial score (nSPS) is 14.9. The first-order valence-corrected chi connectivity index (χ1v) is 10.8. The van der Waals surface area contributed by atoms with E-state index in [0.29, 0.717) is 43.3 Å². The second-order valence-corrected chi connectivity index (χ2v) is 8.73. The standard InChI is InChI=1S/C23H36N2O5/c1-6-7-14-29-20-9-8-18(28-5)16-19(20)24-21(26)15-17-10-12-25(13-11-17)22(27)30-23(2,3)4/h8-9,16-17H,6-7,10-15H2,1-5H3,(H,24,26). The Morgan fingerprint density at radius 2 is 1.90 bits per heavy atom. The molecule has 0 atom stereocenters. The number of benzene rings is 1. The van der Waals surface area contributed by atoms with Gasteiger partial charge in [-0.1, -0.05) is 13.3 Å². The number of nitrogens with zero attached hydrogens (tertiary/aromatic N) is 1. The van der Waals surface area contributed by atoms with Crippen molar-refractivity contribution in [2.75, 3.05) is 32.1 Å². The van der Waals surface area contributed by atoms with Crippen LogP contribution in [0.4, 0.5) is 10.5 Å². The van der Waals surface area contributed by atoms with Crippen molar-refractivity contribution in [2.45, 2.75) is 65.4 Å². The third-order valence-electron chi connectivity index (χ3n) is 4.96. The van der Waals surface area contributed by atoms with Crippen LogP contribution in [0.2, 0.25) is 0 Å². The molecular formula is C23H36N2O5. The lowest BCUT2D eigenvalue weighted by molar-refractivity contribution is -0.117. The fourth-order valence-electron chi connectivity index (χ4n) is 3.30. The summed E-state index contributed by atoms with van der Waals surface area (Å²) < 4.78 is 16.5. The van der Waals surface area contributed by atoms with Crippen molar-refractivity contribution in [3.05, 3.63) is 18.2 Å². The summed E-state index contributed by atoms with van der Waals surface area (Å²) in [6.45, 7) is 9.51.